The normalized spacial score (nSPS) is 17.6. The molecule has 0 radical (unpaired) electrons. The first-order valence-electron chi connectivity index (χ1n) is 12.5. The van der Waals surface area contributed by atoms with Crippen LogP contribution in [0.1, 0.15) is 74.5 Å². The fraction of sp³-hybridized carbons (Fsp3) is 0.464. The van der Waals surface area contributed by atoms with Gasteiger partial charge in [0.05, 0.1) is 12.5 Å². The molecule has 2 aromatic rings. The molecule has 0 bridgehead atoms. The molecule has 0 aromatic heterocycles. The van der Waals surface area contributed by atoms with E-state index in [1.165, 1.54) is 0 Å². The van der Waals surface area contributed by atoms with Crippen LogP contribution in [-0.2, 0) is 14.4 Å². The van der Waals surface area contributed by atoms with Crippen LogP contribution in [-0.4, -0.2) is 47.4 Å². The summed E-state index contributed by atoms with van der Waals surface area (Å²) in [5.41, 5.74) is 2.80. The molecule has 3 rings (SSSR count). The Morgan fingerprint density at radius 1 is 1.06 bits per heavy atom. The van der Waals surface area contributed by atoms with Crippen LogP contribution >= 0.6 is 23.2 Å². The molecule has 1 heterocycles. The van der Waals surface area contributed by atoms with Crippen molar-refractivity contribution in [2.45, 2.75) is 57.8 Å². The summed E-state index contributed by atoms with van der Waals surface area (Å²) in [5.74, 6) is -1.44. The number of benzene rings is 2. The van der Waals surface area contributed by atoms with E-state index in [1.807, 2.05) is 42.5 Å². The van der Waals surface area contributed by atoms with E-state index in [2.05, 4.69) is 19.2 Å². The van der Waals surface area contributed by atoms with E-state index in [1.54, 1.807) is 4.90 Å². The predicted octanol–water partition coefficient (Wildman–Crippen LogP) is 5.86. The average Bonchev–Trinajstić information content (AvgIpc) is 2.91. The van der Waals surface area contributed by atoms with Crippen molar-refractivity contribution in [2.24, 2.45) is 5.92 Å². The van der Waals surface area contributed by atoms with Gasteiger partial charge < -0.3 is 15.3 Å². The summed E-state index contributed by atoms with van der Waals surface area (Å²) < 4.78 is 0. The van der Waals surface area contributed by atoms with Crippen LogP contribution < -0.4 is 5.32 Å². The van der Waals surface area contributed by atoms with Crippen molar-refractivity contribution in [1.29, 1.82) is 0 Å². The van der Waals surface area contributed by atoms with Gasteiger partial charge in [0.1, 0.15) is 0 Å². The Morgan fingerprint density at radius 2 is 1.81 bits per heavy atom. The molecule has 0 fully saturated rings. The van der Waals surface area contributed by atoms with Gasteiger partial charge in [-0.25, -0.2) is 0 Å². The molecule has 0 saturated carbocycles. The van der Waals surface area contributed by atoms with E-state index in [0.29, 0.717) is 42.4 Å². The fourth-order valence-electron chi connectivity index (χ4n) is 4.83. The summed E-state index contributed by atoms with van der Waals surface area (Å²) in [4.78, 5) is 38.9. The van der Waals surface area contributed by atoms with Gasteiger partial charge in [0.15, 0.2) is 0 Å². The van der Waals surface area contributed by atoms with Gasteiger partial charge in [0.2, 0.25) is 11.8 Å². The predicted molar refractivity (Wildman–Crippen MR) is 143 cm³/mol. The highest BCUT2D eigenvalue weighted by atomic mass is 35.5. The van der Waals surface area contributed by atoms with Gasteiger partial charge in [0, 0.05) is 35.5 Å². The highest BCUT2D eigenvalue weighted by Gasteiger charge is 2.37. The van der Waals surface area contributed by atoms with Crippen molar-refractivity contribution in [3.05, 3.63) is 69.2 Å². The summed E-state index contributed by atoms with van der Waals surface area (Å²) in [6.07, 6.45) is 2.77. The molecule has 0 unspecified atom stereocenters. The maximum absolute atomic E-state index is 13.8. The first-order valence-corrected chi connectivity index (χ1v) is 13.2. The van der Waals surface area contributed by atoms with Gasteiger partial charge in [-0.2, -0.15) is 0 Å². The molecule has 36 heavy (non-hydrogen) atoms. The molecular weight excluding hydrogens is 499 g/mol. The Bertz CT molecular complexity index is 1090. The molecule has 0 spiro atoms. The lowest BCUT2D eigenvalue weighted by atomic mass is 9.82. The number of carboxylic acid groups (broad SMARTS) is 1. The smallest absolute Gasteiger partial charge is 0.303 e. The summed E-state index contributed by atoms with van der Waals surface area (Å²) in [6, 6.07) is 13.3. The maximum atomic E-state index is 13.8. The highest BCUT2D eigenvalue weighted by molar-refractivity contribution is 6.31. The lowest BCUT2D eigenvalue weighted by Gasteiger charge is -2.27. The number of fused-ring (bicyclic) bond motifs is 1. The zero-order valence-electron chi connectivity index (χ0n) is 20.8. The number of amides is 2. The minimum atomic E-state index is -0.815. The molecule has 2 N–H and O–H groups in total. The van der Waals surface area contributed by atoms with Crippen molar-refractivity contribution in [1.82, 2.24) is 10.2 Å². The molecule has 2 atom stereocenters. The molecule has 8 heteroatoms. The third-order valence-corrected chi connectivity index (χ3v) is 7.10. The number of halogens is 2. The number of carboxylic acids is 1. The van der Waals surface area contributed by atoms with Gasteiger partial charge >= 0.3 is 5.97 Å². The van der Waals surface area contributed by atoms with Crippen LogP contribution in [0, 0.1) is 5.92 Å². The lowest BCUT2D eigenvalue weighted by molar-refractivity contribution is -0.137. The van der Waals surface area contributed by atoms with Crippen LogP contribution in [0.15, 0.2) is 42.5 Å². The van der Waals surface area contributed by atoms with Crippen molar-refractivity contribution in [3.63, 3.8) is 0 Å². The van der Waals surface area contributed by atoms with E-state index in [0.717, 1.165) is 23.1 Å². The third kappa shape index (κ3) is 7.47. The van der Waals surface area contributed by atoms with Crippen molar-refractivity contribution in [3.8, 4) is 0 Å². The van der Waals surface area contributed by atoms with Gasteiger partial charge in [-0.3, -0.25) is 14.4 Å². The Labute approximate surface area is 223 Å². The number of nitrogens with one attached hydrogen (secondary N) is 1. The van der Waals surface area contributed by atoms with E-state index in [-0.39, 0.29) is 42.5 Å². The average molecular weight is 533 g/mol. The Hall–Kier alpha value is -2.57. The standard InChI is InChI=1S/C28H34Cl2N2O4/c1-18(2)14-23-20-12-11-19(29)15-22(20)24(21-8-5-6-9-25(21)30)16-32(28(23)36)17-26(33)31-13-7-3-4-10-27(34)35/h5-6,8-9,11-12,15,18,23-24H,3-4,7,10,13-14,16-17H2,1-2H3,(H,31,33)(H,34,35)/t23-,24-/m1/s1. The van der Waals surface area contributed by atoms with Gasteiger partial charge in [-0.15, -0.1) is 0 Å². The maximum Gasteiger partial charge on any atom is 0.303 e. The lowest BCUT2D eigenvalue weighted by Crippen LogP contribution is -2.43. The highest BCUT2D eigenvalue weighted by Crippen LogP contribution is 2.41. The summed E-state index contributed by atoms with van der Waals surface area (Å²) in [6.45, 7) is 4.88. The van der Waals surface area contributed by atoms with Crippen LogP contribution in [0.4, 0.5) is 0 Å². The summed E-state index contributed by atoms with van der Waals surface area (Å²) in [5, 5.41) is 12.8. The Balaban J connectivity index is 1.85. The number of rotatable bonds is 11. The molecule has 1 aliphatic rings. The zero-order chi connectivity index (χ0) is 26.2. The van der Waals surface area contributed by atoms with E-state index in [9.17, 15) is 14.4 Å². The Kier molecular flexibility index (Phi) is 10.2. The monoisotopic (exact) mass is 532 g/mol. The van der Waals surface area contributed by atoms with Crippen LogP contribution in [0.5, 0.6) is 0 Å². The van der Waals surface area contributed by atoms with Gasteiger partial charge in [-0.05, 0) is 60.1 Å². The van der Waals surface area contributed by atoms with Crippen molar-refractivity contribution in [2.75, 3.05) is 19.6 Å². The summed E-state index contributed by atoms with van der Waals surface area (Å²) in [7, 11) is 0. The molecule has 2 aromatic carbocycles. The second kappa shape index (κ2) is 13.1. The minimum Gasteiger partial charge on any atom is -0.481 e. The van der Waals surface area contributed by atoms with E-state index in [4.69, 9.17) is 28.3 Å². The first-order chi connectivity index (χ1) is 17.2. The SMILES string of the molecule is CC(C)C[C@H]1C(=O)N(CC(=O)NCCCCCC(=O)O)C[C@H](c2ccccc2Cl)c2cc(Cl)ccc21. The molecule has 194 valence electrons. The Morgan fingerprint density at radius 3 is 2.50 bits per heavy atom. The number of hydrogen-bond donors (Lipinski definition) is 2. The molecule has 6 nitrogen and oxygen atoms in total. The molecule has 2 amide bonds. The number of carbonyl (C=O) groups excluding carboxylic acids is 2. The molecule has 0 saturated heterocycles. The molecular formula is C28H34Cl2N2O4. The molecule has 0 aliphatic carbocycles. The molecule has 1 aliphatic heterocycles. The summed E-state index contributed by atoms with van der Waals surface area (Å²) >= 11 is 13.0. The van der Waals surface area contributed by atoms with Crippen LogP contribution in [0.3, 0.4) is 0 Å². The minimum absolute atomic E-state index is 0.0504. The van der Waals surface area contributed by atoms with Gasteiger partial charge in [0.25, 0.3) is 0 Å². The van der Waals surface area contributed by atoms with Gasteiger partial charge in [-0.1, -0.05) is 67.7 Å². The largest absolute Gasteiger partial charge is 0.481 e. The fourth-order valence-corrected chi connectivity index (χ4v) is 5.28. The third-order valence-electron chi connectivity index (χ3n) is 6.52. The number of aliphatic carboxylic acids is 1. The number of nitrogens with zero attached hydrogens (tertiary/aromatic N) is 1. The number of hydrogen-bond acceptors (Lipinski definition) is 3. The topological polar surface area (TPSA) is 86.7 Å². The van der Waals surface area contributed by atoms with Crippen LogP contribution in [0.25, 0.3) is 0 Å². The number of unbranched alkanes of at least 4 members (excludes halogenated alkanes) is 2. The van der Waals surface area contributed by atoms with E-state index >= 15 is 0 Å². The first kappa shape index (κ1) is 28.0. The second-order valence-electron chi connectivity index (χ2n) is 9.80. The second-order valence-corrected chi connectivity index (χ2v) is 10.6. The van der Waals surface area contributed by atoms with Crippen LogP contribution in [0.2, 0.25) is 10.0 Å². The zero-order valence-corrected chi connectivity index (χ0v) is 22.3. The quantitative estimate of drug-likeness (QED) is 0.355. The van der Waals surface area contributed by atoms with E-state index < -0.39 is 5.97 Å². The van der Waals surface area contributed by atoms with Crippen molar-refractivity contribution < 1.29 is 19.5 Å². The number of carbonyl (C=O) groups is 3. The van der Waals surface area contributed by atoms with Crippen molar-refractivity contribution >= 4 is 41.0 Å².